The minimum atomic E-state index is -4.61. The van der Waals surface area contributed by atoms with Crippen molar-refractivity contribution in [1.29, 1.82) is 0 Å². The van der Waals surface area contributed by atoms with E-state index in [9.17, 15) is 22.8 Å². The van der Waals surface area contributed by atoms with Crippen molar-refractivity contribution in [2.45, 2.75) is 98.7 Å². The molecular weight excluding hydrogens is 855 g/mol. The number of methoxy groups -OCH3 is 2. The molecule has 242 valence electrons. The van der Waals surface area contributed by atoms with Gasteiger partial charge in [-0.3, -0.25) is 4.79 Å². The van der Waals surface area contributed by atoms with Crippen LogP contribution in [0.3, 0.4) is 0 Å². The van der Waals surface area contributed by atoms with E-state index < -0.39 is 42.0 Å². The van der Waals surface area contributed by atoms with E-state index in [1.54, 1.807) is 28.2 Å². The van der Waals surface area contributed by atoms with Gasteiger partial charge in [-0.25, -0.2) is 0 Å². The summed E-state index contributed by atoms with van der Waals surface area (Å²) in [5.74, 6) is 1.11. The zero-order chi connectivity index (χ0) is 32.9. The number of fused-ring (bicyclic) bond motifs is 2. The number of halogens is 5. The van der Waals surface area contributed by atoms with Crippen LogP contribution in [0.2, 0.25) is 14.8 Å². The zero-order valence-electron chi connectivity index (χ0n) is 26.9. The molecule has 2 aromatic carbocycles. The molecule has 0 radical (unpaired) electrons. The normalized spacial score (nSPS) is 20.5. The number of rotatable bonds is 5. The van der Waals surface area contributed by atoms with Crippen molar-refractivity contribution in [3.63, 3.8) is 0 Å². The quantitative estimate of drug-likeness (QED) is 0.222. The molecular formula is C34H43BrF3IO4Sn. The van der Waals surface area contributed by atoms with E-state index in [2.05, 4.69) is 57.6 Å². The first-order chi connectivity index (χ1) is 20.4. The Labute approximate surface area is 285 Å². The van der Waals surface area contributed by atoms with Gasteiger partial charge >= 0.3 is 159 Å². The van der Waals surface area contributed by atoms with Crippen LogP contribution in [0.25, 0.3) is 0 Å². The van der Waals surface area contributed by atoms with Gasteiger partial charge in [-0.2, -0.15) is 13.2 Å². The first-order valence-corrected chi connectivity index (χ1v) is 27.2. The Morgan fingerprint density at radius 1 is 0.977 bits per heavy atom. The van der Waals surface area contributed by atoms with E-state index in [4.69, 9.17) is 9.47 Å². The molecule has 44 heavy (non-hydrogen) atoms. The fourth-order valence-electron chi connectivity index (χ4n) is 7.22. The van der Waals surface area contributed by atoms with Crippen LogP contribution in [0.4, 0.5) is 13.2 Å². The number of Topliss-reactive ketones (excluding diaryl/α,β-unsaturated/α-hetero) is 2. The van der Waals surface area contributed by atoms with E-state index in [-0.39, 0.29) is 31.7 Å². The summed E-state index contributed by atoms with van der Waals surface area (Å²) in [5, 5.41) is 0. The third-order valence-corrected chi connectivity index (χ3v) is 17.1. The molecule has 3 aliphatic rings. The molecule has 0 spiro atoms. The van der Waals surface area contributed by atoms with Crippen molar-refractivity contribution in [2.75, 3.05) is 14.2 Å². The zero-order valence-corrected chi connectivity index (χ0v) is 33.5. The van der Waals surface area contributed by atoms with Crippen LogP contribution in [0.15, 0.2) is 10.5 Å². The summed E-state index contributed by atoms with van der Waals surface area (Å²) in [6.45, 7) is 6.77. The second-order valence-corrected chi connectivity index (χ2v) is 29.9. The van der Waals surface area contributed by atoms with E-state index in [1.807, 2.05) is 0 Å². The van der Waals surface area contributed by atoms with Gasteiger partial charge in [-0.15, -0.1) is 0 Å². The summed E-state index contributed by atoms with van der Waals surface area (Å²) in [5.41, 5.74) is 5.38. The van der Waals surface area contributed by atoms with E-state index in [0.29, 0.717) is 23.2 Å². The van der Waals surface area contributed by atoms with E-state index in [0.717, 1.165) is 6.42 Å². The summed E-state index contributed by atoms with van der Waals surface area (Å²) in [7, 11) is 2.53. The Hall–Kier alpha value is -0.661. The first-order valence-electron chi connectivity index (χ1n) is 15.4. The number of aryl methyl sites for hydroxylation is 1. The predicted molar refractivity (Wildman–Crippen MR) is 184 cm³/mol. The fourth-order valence-corrected chi connectivity index (χ4v) is 13.9. The summed E-state index contributed by atoms with van der Waals surface area (Å²) in [6.07, 6.45) is 2.65. The van der Waals surface area contributed by atoms with Gasteiger partial charge in [-0.05, 0) is 44.1 Å². The summed E-state index contributed by atoms with van der Waals surface area (Å²) in [4.78, 5) is 32.8. The van der Waals surface area contributed by atoms with Gasteiger partial charge in [0.2, 0.25) is 0 Å². The number of ketones is 2. The maximum atomic E-state index is 13.3. The molecule has 2 aromatic rings. The molecule has 3 aliphatic carbocycles. The van der Waals surface area contributed by atoms with Gasteiger partial charge in [0.05, 0.1) is 11.6 Å². The molecule has 2 unspecified atom stereocenters. The molecule has 0 aliphatic heterocycles. The molecule has 0 N–H and O–H groups in total. The average Bonchev–Trinajstić information content (AvgIpc) is 3.46. The molecule has 1 fully saturated rings. The number of carbonyl (C=O) groups is 2. The average molecular weight is 898 g/mol. The van der Waals surface area contributed by atoms with Crippen LogP contribution in [-0.2, 0) is 23.8 Å². The third-order valence-electron chi connectivity index (χ3n) is 9.45. The minimum absolute atomic E-state index is 0.0671. The van der Waals surface area contributed by atoms with E-state index >= 15 is 0 Å². The molecule has 1 saturated carbocycles. The van der Waals surface area contributed by atoms with Gasteiger partial charge in [0.25, 0.3) is 0 Å². The molecule has 0 aromatic heterocycles. The molecule has 2 atom stereocenters. The summed E-state index contributed by atoms with van der Waals surface area (Å²) < 4.78 is 51.0. The summed E-state index contributed by atoms with van der Waals surface area (Å²) in [6, 6.07) is 2.44. The third kappa shape index (κ3) is 6.82. The van der Waals surface area contributed by atoms with E-state index in [1.165, 1.54) is 66.6 Å². The van der Waals surface area contributed by atoms with Crippen LogP contribution in [0.1, 0.15) is 100 Å². The molecule has 5 rings (SSSR count). The molecule has 10 heteroatoms. The number of ether oxygens (including phenoxy) is 2. The molecule has 0 bridgehead atoms. The second kappa shape index (κ2) is 13.8. The van der Waals surface area contributed by atoms with Crippen LogP contribution < -0.4 is 8.32 Å². The fraction of sp³-hybridized carbons (Fsp3) is 0.588. The van der Waals surface area contributed by atoms with Gasteiger partial charge in [0.15, 0.2) is 5.78 Å². The molecule has 4 nitrogen and oxygen atoms in total. The van der Waals surface area contributed by atoms with Crippen LogP contribution in [0.5, 0.6) is 5.75 Å². The monoisotopic (exact) mass is 898 g/mol. The van der Waals surface area contributed by atoms with Gasteiger partial charge < -0.3 is 9.47 Å². The summed E-state index contributed by atoms with van der Waals surface area (Å²) >= 11 is 2.34. The van der Waals surface area contributed by atoms with Crippen molar-refractivity contribution in [3.05, 3.63) is 53.1 Å². The number of hydrogen-bond acceptors (Lipinski definition) is 4. The SMILES string of the molecule is COc1c(Br)c2c(c(I)c1C(F)(F)F)C(=O)C(OC)C2.Cc1c[c]([Sn]([CH3])([CH3])[CH3])c2c(c1C1CCCCC1)CC(C(C)C)C2=O. The van der Waals surface area contributed by atoms with Crippen molar-refractivity contribution < 1.29 is 32.2 Å². The first kappa shape index (κ1) is 36.2. The molecule has 0 heterocycles. The Bertz CT molecular complexity index is 1460. The van der Waals surface area contributed by atoms with Crippen LogP contribution >= 0.6 is 38.5 Å². The number of hydrogen-bond donors (Lipinski definition) is 0. The van der Waals surface area contributed by atoms with Crippen LogP contribution in [0, 0.1) is 22.3 Å². The van der Waals surface area contributed by atoms with Crippen molar-refractivity contribution in [3.8, 4) is 5.75 Å². The van der Waals surface area contributed by atoms with Crippen molar-refractivity contribution in [2.24, 2.45) is 11.8 Å². The number of carbonyl (C=O) groups excluding carboxylic acids is 2. The maximum absolute atomic E-state index is 13.3. The Morgan fingerprint density at radius 2 is 1.59 bits per heavy atom. The van der Waals surface area contributed by atoms with Gasteiger partial charge in [-0.1, -0.05) is 0 Å². The predicted octanol–water partition coefficient (Wildman–Crippen LogP) is 9.43. The molecule has 0 amide bonds. The second-order valence-electron chi connectivity index (χ2n) is 13.7. The van der Waals surface area contributed by atoms with Crippen LogP contribution in [-0.4, -0.2) is 50.3 Å². The number of alkyl halides is 3. The van der Waals surface area contributed by atoms with Crippen molar-refractivity contribution >= 4 is 72.0 Å². The Kier molecular flexibility index (Phi) is 11.4. The molecule has 0 saturated heterocycles. The number of benzene rings is 2. The van der Waals surface area contributed by atoms with Crippen molar-refractivity contribution in [1.82, 2.24) is 0 Å². The standard InChI is InChI=1S/C19H25O.C12H9BrF3IO3.3CH3.Sn/c1-12(2)16-11-17-15(19(16)20)10-9-13(3)18(17)14-7-5-4-6-8-14;1-19-5-3-4-6(10(5)18)9(17)7(12(14,15)16)11(20-2)8(4)13;;;;/h9,12,14,16H,4-8,11H2,1-3H3;5H,3H2,1-2H3;3*1H3;. The van der Waals surface area contributed by atoms with Gasteiger partial charge in [0, 0.05) is 22.7 Å². The Balaban J connectivity index is 0.000000204. The Morgan fingerprint density at radius 3 is 2.09 bits per heavy atom. The topological polar surface area (TPSA) is 52.6 Å². The van der Waals surface area contributed by atoms with Gasteiger partial charge in [0.1, 0.15) is 17.4 Å².